The number of nitrogens with two attached hydrogens (primary N) is 1. The van der Waals surface area contributed by atoms with Crippen molar-refractivity contribution in [1.82, 2.24) is 4.90 Å². The van der Waals surface area contributed by atoms with Crippen molar-refractivity contribution in [3.63, 3.8) is 0 Å². The van der Waals surface area contributed by atoms with Gasteiger partial charge in [0.25, 0.3) is 5.91 Å². The summed E-state index contributed by atoms with van der Waals surface area (Å²) < 4.78 is 0. The van der Waals surface area contributed by atoms with E-state index in [-0.39, 0.29) is 5.91 Å². The summed E-state index contributed by atoms with van der Waals surface area (Å²) in [6.45, 7) is 2.37. The quantitative estimate of drug-likeness (QED) is 0.864. The molecule has 98 valence electrons. The van der Waals surface area contributed by atoms with E-state index in [1.807, 2.05) is 23.3 Å². The molecule has 5 heteroatoms. The minimum absolute atomic E-state index is 0.0854. The van der Waals surface area contributed by atoms with Gasteiger partial charge in [-0.15, -0.1) is 11.3 Å². The normalized spacial score (nSPS) is 15.8. The lowest BCUT2D eigenvalue weighted by molar-refractivity contribution is 0.0719. The van der Waals surface area contributed by atoms with E-state index in [1.54, 1.807) is 0 Å². The van der Waals surface area contributed by atoms with Crippen molar-refractivity contribution in [3.8, 4) is 0 Å². The smallest absolute Gasteiger partial charge is 0.264 e. The van der Waals surface area contributed by atoms with Crippen molar-refractivity contribution in [2.45, 2.75) is 38.6 Å². The third kappa shape index (κ3) is 2.90. The molecule has 1 heterocycles. The van der Waals surface area contributed by atoms with Crippen LogP contribution >= 0.6 is 23.6 Å². The Balaban J connectivity index is 2.20. The largest absolute Gasteiger partial charge is 0.392 e. The molecule has 1 amide bonds. The number of carbonyl (C=O) groups is 1. The van der Waals surface area contributed by atoms with Crippen LogP contribution in [0.5, 0.6) is 0 Å². The summed E-state index contributed by atoms with van der Waals surface area (Å²) in [6.07, 6.45) is 4.52. The van der Waals surface area contributed by atoms with Crippen molar-refractivity contribution >= 4 is 34.5 Å². The van der Waals surface area contributed by atoms with Crippen molar-refractivity contribution < 1.29 is 4.79 Å². The lowest BCUT2D eigenvalue weighted by Gasteiger charge is -2.28. The van der Waals surface area contributed by atoms with E-state index < -0.39 is 0 Å². The summed E-state index contributed by atoms with van der Waals surface area (Å²) in [6, 6.07) is 2.28. The maximum atomic E-state index is 12.6. The summed E-state index contributed by atoms with van der Waals surface area (Å²) in [5, 5.41) is 1.95. The second-order valence-corrected chi connectivity index (χ2v) is 6.21. The van der Waals surface area contributed by atoms with E-state index in [0.717, 1.165) is 23.3 Å². The van der Waals surface area contributed by atoms with Crippen LogP contribution in [0.2, 0.25) is 0 Å². The van der Waals surface area contributed by atoms with Gasteiger partial charge in [-0.25, -0.2) is 0 Å². The molecule has 0 saturated heterocycles. The Labute approximate surface area is 117 Å². The first-order valence-electron chi connectivity index (χ1n) is 6.23. The first-order chi connectivity index (χ1) is 8.59. The first-order valence-corrected chi connectivity index (χ1v) is 7.51. The van der Waals surface area contributed by atoms with Crippen molar-refractivity contribution in [3.05, 3.63) is 21.9 Å². The van der Waals surface area contributed by atoms with E-state index >= 15 is 0 Å². The Morgan fingerprint density at radius 1 is 1.56 bits per heavy atom. The van der Waals surface area contributed by atoms with Gasteiger partial charge >= 0.3 is 0 Å². The molecular weight excluding hydrogens is 264 g/mol. The Kier molecular flexibility index (Phi) is 4.35. The highest BCUT2D eigenvalue weighted by molar-refractivity contribution is 7.80. The molecule has 1 aliphatic carbocycles. The number of nitrogens with zero attached hydrogens (tertiary/aromatic N) is 1. The third-order valence-electron chi connectivity index (χ3n) is 3.41. The summed E-state index contributed by atoms with van der Waals surface area (Å²) in [5.41, 5.74) is 6.67. The Bertz CT molecular complexity index is 450. The molecule has 0 radical (unpaired) electrons. The van der Waals surface area contributed by atoms with Crippen LogP contribution < -0.4 is 5.73 Å². The van der Waals surface area contributed by atoms with Gasteiger partial charge in [-0.3, -0.25) is 4.79 Å². The molecule has 1 aliphatic rings. The number of carbonyl (C=O) groups excluding carboxylic acids is 1. The first kappa shape index (κ1) is 13.5. The lowest BCUT2D eigenvalue weighted by Crippen LogP contribution is -2.43. The Morgan fingerprint density at radius 2 is 2.22 bits per heavy atom. The van der Waals surface area contributed by atoms with Crippen molar-refractivity contribution in [2.75, 3.05) is 6.54 Å². The van der Waals surface area contributed by atoms with Gasteiger partial charge in [0, 0.05) is 6.04 Å². The monoisotopic (exact) mass is 282 g/mol. The molecule has 3 nitrogen and oxygen atoms in total. The van der Waals surface area contributed by atoms with Crippen LogP contribution in [-0.2, 0) is 0 Å². The van der Waals surface area contributed by atoms with Gasteiger partial charge in [-0.2, -0.15) is 0 Å². The fourth-order valence-electron chi connectivity index (χ4n) is 2.47. The van der Waals surface area contributed by atoms with Crippen molar-refractivity contribution in [2.24, 2.45) is 5.73 Å². The summed E-state index contributed by atoms with van der Waals surface area (Å²) in [4.78, 5) is 15.7. The number of amides is 1. The van der Waals surface area contributed by atoms with Crippen LogP contribution in [0.25, 0.3) is 0 Å². The van der Waals surface area contributed by atoms with Gasteiger partial charge in [0.1, 0.15) is 0 Å². The molecule has 0 unspecified atom stereocenters. The molecule has 0 atom stereocenters. The van der Waals surface area contributed by atoms with Crippen LogP contribution in [0.15, 0.2) is 11.4 Å². The summed E-state index contributed by atoms with van der Waals surface area (Å²) in [5.74, 6) is 0.0854. The van der Waals surface area contributed by atoms with Gasteiger partial charge in [-0.05, 0) is 36.8 Å². The van der Waals surface area contributed by atoms with Crippen LogP contribution in [-0.4, -0.2) is 28.4 Å². The second kappa shape index (κ2) is 5.80. The van der Waals surface area contributed by atoms with E-state index in [1.165, 1.54) is 24.2 Å². The Hall–Kier alpha value is -0.940. The number of rotatable bonds is 4. The van der Waals surface area contributed by atoms with Crippen LogP contribution in [0.1, 0.15) is 40.9 Å². The molecular formula is C13H18N2OS2. The van der Waals surface area contributed by atoms with E-state index in [2.05, 4.69) is 0 Å². The fraction of sp³-hybridized carbons (Fsp3) is 0.538. The number of hydrogen-bond acceptors (Lipinski definition) is 3. The topological polar surface area (TPSA) is 46.3 Å². The molecule has 0 aromatic carbocycles. The van der Waals surface area contributed by atoms with Crippen LogP contribution in [0.3, 0.4) is 0 Å². The van der Waals surface area contributed by atoms with Gasteiger partial charge in [0.15, 0.2) is 0 Å². The summed E-state index contributed by atoms with van der Waals surface area (Å²) >= 11 is 6.47. The second-order valence-electron chi connectivity index (χ2n) is 4.77. The van der Waals surface area contributed by atoms with E-state index in [9.17, 15) is 4.79 Å². The molecule has 18 heavy (non-hydrogen) atoms. The molecule has 0 aliphatic heterocycles. The average molecular weight is 282 g/mol. The zero-order chi connectivity index (χ0) is 13.1. The average Bonchev–Trinajstić information content (AvgIpc) is 2.95. The number of aryl methyl sites for hydroxylation is 1. The molecule has 0 spiro atoms. The minimum atomic E-state index is 0.0854. The molecule has 2 N–H and O–H groups in total. The predicted molar refractivity (Wildman–Crippen MR) is 79.1 cm³/mol. The van der Waals surface area contributed by atoms with E-state index in [0.29, 0.717) is 17.6 Å². The standard InChI is InChI=1S/C13H18N2OS2/c1-9-6-7-18-12(9)13(16)15(8-11(14)17)10-4-2-3-5-10/h6-7,10H,2-5,8H2,1H3,(H2,14,17). The Morgan fingerprint density at radius 3 is 2.72 bits per heavy atom. The fourth-order valence-corrected chi connectivity index (χ4v) is 3.49. The van der Waals surface area contributed by atoms with Crippen LogP contribution in [0, 0.1) is 6.92 Å². The number of hydrogen-bond donors (Lipinski definition) is 1. The maximum absolute atomic E-state index is 12.6. The lowest BCUT2D eigenvalue weighted by atomic mass is 10.2. The predicted octanol–water partition coefficient (Wildman–Crippen LogP) is 2.73. The third-order valence-corrected chi connectivity index (χ3v) is 4.54. The minimum Gasteiger partial charge on any atom is -0.392 e. The highest BCUT2D eigenvalue weighted by Crippen LogP contribution is 2.27. The van der Waals surface area contributed by atoms with Gasteiger partial charge in [0.2, 0.25) is 0 Å². The van der Waals surface area contributed by atoms with Gasteiger partial charge < -0.3 is 10.6 Å². The molecule has 1 aromatic heterocycles. The molecule has 1 fully saturated rings. The molecule has 1 aromatic rings. The SMILES string of the molecule is Cc1ccsc1C(=O)N(CC(N)=S)C1CCCC1. The zero-order valence-electron chi connectivity index (χ0n) is 10.5. The van der Waals surface area contributed by atoms with E-state index in [4.69, 9.17) is 18.0 Å². The molecule has 2 rings (SSSR count). The summed E-state index contributed by atoms with van der Waals surface area (Å²) in [7, 11) is 0. The van der Waals surface area contributed by atoms with Crippen LogP contribution in [0.4, 0.5) is 0 Å². The number of thiocarbonyl (C=S) groups is 1. The highest BCUT2D eigenvalue weighted by atomic mass is 32.1. The number of thiophene rings is 1. The molecule has 1 saturated carbocycles. The van der Waals surface area contributed by atoms with Crippen molar-refractivity contribution in [1.29, 1.82) is 0 Å². The zero-order valence-corrected chi connectivity index (χ0v) is 12.1. The maximum Gasteiger partial charge on any atom is 0.264 e. The van der Waals surface area contributed by atoms with Gasteiger partial charge in [0.05, 0.1) is 16.4 Å². The highest BCUT2D eigenvalue weighted by Gasteiger charge is 2.28. The molecule has 0 bridgehead atoms. The van der Waals surface area contributed by atoms with Gasteiger partial charge in [-0.1, -0.05) is 25.1 Å².